The van der Waals surface area contributed by atoms with E-state index in [2.05, 4.69) is 15.4 Å². The van der Waals surface area contributed by atoms with Crippen LogP contribution in [0.5, 0.6) is 11.5 Å². The van der Waals surface area contributed by atoms with E-state index in [9.17, 15) is 4.79 Å². The first-order valence-electron chi connectivity index (χ1n) is 10.1. The summed E-state index contributed by atoms with van der Waals surface area (Å²) in [7, 11) is 0. The molecule has 0 unspecified atom stereocenters. The fraction of sp³-hybridized carbons (Fsp3) is 0.174. The molecule has 0 atom stereocenters. The zero-order chi connectivity index (χ0) is 23.2. The van der Waals surface area contributed by atoms with Crippen LogP contribution >= 0.6 is 23.2 Å². The summed E-state index contributed by atoms with van der Waals surface area (Å²) >= 11 is 12.0. The molecule has 1 amide bonds. The number of aromatic nitrogens is 3. The molecule has 8 nitrogen and oxygen atoms in total. The highest BCUT2D eigenvalue weighted by Gasteiger charge is 2.14. The first-order valence-corrected chi connectivity index (χ1v) is 10.8. The van der Waals surface area contributed by atoms with Crippen molar-refractivity contribution in [3.63, 3.8) is 0 Å². The number of halogens is 2. The number of carbonyl (C=O) groups excluding carboxylic acids is 1. The summed E-state index contributed by atoms with van der Waals surface area (Å²) in [6.45, 7) is 3.13. The third kappa shape index (κ3) is 6.06. The summed E-state index contributed by atoms with van der Waals surface area (Å²) < 4.78 is 18.2. The Labute approximate surface area is 200 Å². The summed E-state index contributed by atoms with van der Waals surface area (Å²) in [5.41, 5.74) is 0.899. The van der Waals surface area contributed by atoms with E-state index in [1.807, 2.05) is 37.3 Å². The molecule has 2 aromatic heterocycles. The second kappa shape index (κ2) is 10.4. The largest absolute Gasteiger partial charge is 0.494 e. The van der Waals surface area contributed by atoms with Crippen LogP contribution in [0.4, 0.5) is 5.95 Å². The van der Waals surface area contributed by atoms with Gasteiger partial charge in [-0.15, -0.1) is 5.10 Å². The van der Waals surface area contributed by atoms with Crippen LogP contribution in [-0.2, 0) is 13.2 Å². The Morgan fingerprint density at radius 1 is 1.03 bits per heavy atom. The van der Waals surface area contributed by atoms with Gasteiger partial charge in [-0.2, -0.15) is 0 Å². The second-order valence-corrected chi connectivity index (χ2v) is 7.74. The number of hydrogen-bond acceptors (Lipinski definition) is 6. The Hall–Kier alpha value is -3.49. The lowest BCUT2D eigenvalue weighted by Gasteiger charge is -2.06. The molecule has 0 bridgehead atoms. The zero-order valence-corrected chi connectivity index (χ0v) is 19.1. The van der Waals surface area contributed by atoms with Gasteiger partial charge in [0, 0.05) is 0 Å². The van der Waals surface area contributed by atoms with Crippen molar-refractivity contribution >= 4 is 35.1 Å². The van der Waals surface area contributed by atoms with Gasteiger partial charge in [-0.25, -0.2) is 9.67 Å². The van der Waals surface area contributed by atoms with Crippen LogP contribution in [0, 0.1) is 0 Å². The van der Waals surface area contributed by atoms with Gasteiger partial charge in [0.2, 0.25) is 5.95 Å². The van der Waals surface area contributed by atoms with E-state index >= 15 is 0 Å². The second-order valence-electron chi connectivity index (χ2n) is 6.93. The summed E-state index contributed by atoms with van der Waals surface area (Å²) in [4.78, 5) is 16.6. The van der Waals surface area contributed by atoms with Gasteiger partial charge in [-0.05, 0) is 61.0 Å². The normalized spacial score (nSPS) is 10.8. The average molecular weight is 487 g/mol. The minimum Gasteiger partial charge on any atom is -0.494 e. The number of ether oxygens (including phenoxy) is 2. The van der Waals surface area contributed by atoms with Crippen LogP contribution in [0.1, 0.15) is 28.8 Å². The Kier molecular flexibility index (Phi) is 7.16. The van der Waals surface area contributed by atoms with Crippen LogP contribution < -0.4 is 14.8 Å². The third-order valence-corrected chi connectivity index (χ3v) is 5.23. The molecule has 2 aromatic carbocycles. The molecule has 0 radical (unpaired) electrons. The van der Waals surface area contributed by atoms with Crippen LogP contribution in [0.25, 0.3) is 0 Å². The lowest BCUT2D eigenvalue weighted by atomic mass is 10.2. The van der Waals surface area contributed by atoms with Gasteiger partial charge in [-0.3, -0.25) is 10.1 Å². The summed E-state index contributed by atoms with van der Waals surface area (Å²) in [6.07, 6.45) is 1.51. The number of carbonyl (C=O) groups is 1. The van der Waals surface area contributed by atoms with E-state index in [-0.39, 0.29) is 18.3 Å². The Morgan fingerprint density at radius 2 is 1.79 bits per heavy atom. The van der Waals surface area contributed by atoms with E-state index < -0.39 is 5.91 Å². The van der Waals surface area contributed by atoms with Gasteiger partial charge in [-0.1, -0.05) is 29.3 Å². The van der Waals surface area contributed by atoms with Gasteiger partial charge < -0.3 is 13.9 Å². The molecule has 0 saturated heterocycles. The van der Waals surface area contributed by atoms with Crippen molar-refractivity contribution in [2.75, 3.05) is 11.9 Å². The van der Waals surface area contributed by atoms with Gasteiger partial charge in [0.1, 0.15) is 30.2 Å². The molecule has 0 aliphatic carbocycles. The van der Waals surface area contributed by atoms with Crippen LogP contribution in [-0.4, -0.2) is 27.3 Å². The lowest BCUT2D eigenvalue weighted by molar-refractivity contribution is 0.0991. The van der Waals surface area contributed by atoms with Crippen LogP contribution in [0.2, 0.25) is 10.0 Å². The molecule has 33 heavy (non-hydrogen) atoms. The SMILES string of the molecule is CCOc1ccc(OCc2ccc(C(=O)Nc3ncn(Cc4ccc(Cl)c(Cl)c4)n3)o2)cc1. The molecule has 2 heterocycles. The molecule has 0 saturated carbocycles. The minimum atomic E-state index is -0.463. The van der Waals surface area contributed by atoms with E-state index in [1.165, 1.54) is 6.33 Å². The van der Waals surface area contributed by atoms with E-state index in [4.69, 9.17) is 37.1 Å². The smallest absolute Gasteiger partial charge is 0.293 e. The maximum absolute atomic E-state index is 12.5. The molecule has 4 aromatic rings. The van der Waals surface area contributed by atoms with Crippen molar-refractivity contribution in [3.8, 4) is 11.5 Å². The fourth-order valence-corrected chi connectivity index (χ4v) is 3.27. The number of hydrogen-bond donors (Lipinski definition) is 1. The third-order valence-electron chi connectivity index (χ3n) is 4.49. The van der Waals surface area contributed by atoms with Gasteiger partial charge in [0.15, 0.2) is 5.76 Å². The molecule has 0 aliphatic heterocycles. The highest BCUT2D eigenvalue weighted by molar-refractivity contribution is 6.42. The van der Waals surface area contributed by atoms with Crippen molar-refractivity contribution < 1.29 is 18.7 Å². The number of nitrogens with zero attached hydrogens (tertiary/aromatic N) is 3. The van der Waals surface area contributed by atoms with Crippen molar-refractivity contribution in [3.05, 3.63) is 88.1 Å². The molecular weight excluding hydrogens is 467 g/mol. The van der Waals surface area contributed by atoms with Crippen molar-refractivity contribution in [1.82, 2.24) is 14.8 Å². The molecule has 0 fully saturated rings. The van der Waals surface area contributed by atoms with Gasteiger partial charge in [0.05, 0.1) is 23.2 Å². The number of furan rings is 1. The summed E-state index contributed by atoms with van der Waals surface area (Å²) in [5, 5.41) is 7.80. The Morgan fingerprint density at radius 3 is 2.52 bits per heavy atom. The van der Waals surface area contributed by atoms with Gasteiger partial charge in [0.25, 0.3) is 5.91 Å². The summed E-state index contributed by atoms with van der Waals surface area (Å²) in [5.74, 6) is 1.76. The standard InChI is InChI=1S/C23H20Cl2N4O4/c1-2-31-16-4-6-17(7-5-16)32-13-18-8-10-21(33-18)22(30)27-23-26-14-29(28-23)12-15-3-9-19(24)20(25)11-15/h3-11,14H,2,12-13H2,1H3,(H,27,28,30). The Bertz CT molecular complexity index is 1240. The zero-order valence-electron chi connectivity index (χ0n) is 17.6. The van der Waals surface area contributed by atoms with Crippen LogP contribution in [0.3, 0.4) is 0 Å². The molecule has 0 spiro atoms. The topological polar surface area (TPSA) is 91.4 Å². The highest BCUT2D eigenvalue weighted by Crippen LogP contribution is 2.23. The molecule has 1 N–H and O–H groups in total. The minimum absolute atomic E-state index is 0.126. The van der Waals surface area contributed by atoms with Crippen molar-refractivity contribution in [2.45, 2.75) is 20.1 Å². The summed E-state index contributed by atoms with van der Waals surface area (Å²) in [6, 6.07) is 15.8. The first-order chi connectivity index (χ1) is 16.0. The van der Waals surface area contributed by atoms with Crippen LogP contribution in [0.15, 0.2) is 65.3 Å². The van der Waals surface area contributed by atoms with Crippen molar-refractivity contribution in [1.29, 1.82) is 0 Å². The molecule has 170 valence electrons. The average Bonchev–Trinajstić information content (AvgIpc) is 3.46. The quantitative estimate of drug-likeness (QED) is 0.337. The predicted octanol–water partition coefficient (Wildman–Crippen LogP) is 5.46. The predicted molar refractivity (Wildman–Crippen MR) is 124 cm³/mol. The number of rotatable bonds is 9. The molecule has 10 heteroatoms. The van der Waals surface area contributed by atoms with E-state index in [0.717, 1.165) is 11.3 Å². The maximum Gasteiger partial charge on any atom is 0.293 e. The van der Waals surface area contributed by atoms with E-state index in [1.54, 1.807) is 28.9 Å². The highest BCUT2D eigenvalue weighted by atomic mass is 35.5. The molecular formula is C23H20Cl2N4O4. The first kappa shape index (κ1) is 22.7. The lowest BCUT2D eigenvalue weighted by Crippen LogP contribution is -2.12. The number of nitrogens with one attached hydrogen (secondary N) is 1. The maximum atomic E-state index is 12.5. The number of benzene rings is 2. The Balaban J connectivity index is 1.30. The number of amides is 1. The monoisotopic (exact) mass is 486 g/mol. The molecule has 4 rings (SSSR count). The fourth-order valence-electron chi connectivity index (χ4n) is 2.95. The molecule has 0 aliphatic rings. The van der Waals surface area contributed by atoms with E-state index in [0.29, 0.717) is 34.7 Å². The van der Waals surface area contributed by atoms with Crippen molar-refractivity contribution in [2.24, 2.45) is 0 Å². The number of anilines is 1. The van der Waals surface area contributed by atoms with Gasteiger partial charge >= 0.3 is 0 Å².